The first-order valence-corrected chi connectivity index (χ1v) is 8.28. The second kappa shape index (κ2) is 5.82. The van der Waals surface area contributed by atoms with Crippen LogP contribution in [-0.4, -0.2) is 28.1 Å². The SMILES string of the molecule is O=C1c2cccc3cccc(c23)C(=O)N1/N=C/c1cc(Br)ccc1O. The van der Waals surface area contributed by atoms with Crippen LogP contribution in [0.1, 0.15) is 26.3 Å². The molecule has 0 aliphatic carbocycles. The Morgan fingerprint density at radius 2 is 1.60 bits per heavy atom. The van der Waals surface area contributed by atoms with Gasteiger partial charge in [0.15, 0.2) is 0 Å². The van der Waals surface area contributed by atoms with Crippen molar-refractivity contribution in [3.63, 3.8) is 0 Å². The van der Waals surface area contributed by atoms with Crippen LogP contribution in [0.3, 0.4) is 0 Å². The number of imide groups is 1. The molecule has 6 heteroatoms. The Morgan fingerprint density at radius 3 is 2.24 bits per heavy atom. The van der Waals surface area contributed by atoms with Gasteiger partial charge in [-0.1, -0.05) is 40.2 Å². The van der Waals surface area contributed by atoms with E-state index in [1.165, 1.54) is 12.3 Å². The molecule has 0 saturated heterocycles. The molecule has 5 nitrogen and oxygen atoms in total. The normalized spacial score (nSPS) is 13.9. The fraction of sp³-hybridized carbons (Fsp3) is 0. The van der Waals surface area contributed by atoms with E-state index in [-0.39, 0.29) is 5.75 Å². The molecule has 0 saturated carbocycles. The molecule has 25 heavy (non-hydrogen) atoms. The summed E-state index contributed by atoms with van der Waals surface area (Å²) < 4.78 is 0.748. The molecule has 0 fully saturated rings. The van der Waals surface area contributed by atoms with Crippen LogP contribution >= 0.6 is 15.9 Å². The van der Waals surface area contributed by atoms with Gasteiger partial charge in [0.25, 0.3) is 11.8 Å². The third-order valence-corrected chi connectivity index (χ3v) is 4.55. The van der Waals surface area contributed by atoms with Crippen LogP contribution in [0.4, 0.5) is 0 Å². The molecule has 0 bridgehead atoms. The highest BCUT2D eigenvalue weighted by Gasteiger charge is 2.32. The number of phenolic OH excluding ortho intramolecular Hbond substituents is 1. The third kappa shape index (κ3) is 2.51. The zero-order valence-electron chi connectivity index (χ0n) is 12.8. The number of hydrazone groups is 1. The number of amides is 2. The quantitative estimate of drug-likeness (QED) is 0.528. The second-order valence-corrected chi connectivity index (χ2v) is 6.49. The van der Waals surface area contributed by atoms with Gasteiger partial charge in [-0.15, -0.1) is 0 Å². The summed E-state index contributed by atoms with van der Waals surface area (Å²) in [5.74, 6) is -0.966. The van der Waals surface area contributed by atoms with E-state index >= 15 is 0 Å². The molecule has 0 aromatic heterocycles. The number of hydrogen-bond donors (Lipinski definition) is 1. The second-order valence-electron chi connectivity index (χ2n) is 5.58. The van der Waals surface area contributed by atoms with Crippen LogP contribution in [0.15, 0.2) is 64.2 Å². The van der Waals surface area contributed by atoms with Crippen molar-refractivity contribution in [2.45, 2.75) is 0 Å². The van der Waals surface area contributed by atoms with Gasteiger partial charge in [-0.3, -0.25) is 9.59 Å². The summed E-state index contributed by atoms with van der Waals surface area (Å²) in [6.45, 7) is 0. The number of aromatic hydroxyl groups is 1. The average molecular weight is 395 g/mol. The van der Waals surface area contributed by atoms with Crippen molar-refractivity contribution >= 4 is 44.7 Å². The van der Waals surface area contributed by atoms with Crippen molar-refractivity contribution in [1.29, 1.82) is 0 Å². The summed E-state index contributed by atoms with van der Waals surface area (Å²) in [4.78, 5) is 25.4. The minimum atomic E-state index is -0.486. The predicted octanol–water partition coefficient (Wildman–Crippen LogP) is 3.94. The standard InChI is InChI=1S/C19H11BrN2O3/c20-13-7-8-16(23)12(9-13)10-21-22-18(24)14-5-1-3-11-4-2-6-15(17(11)14)19(22)25/h1-10,23H/b21-10+. The summed E-state index contributed by atoms with van der Waals surface area (Å²) in [5, 5.41) is 16.2. The summed E-state index contributed by atoms with van der Waals surface area (Å²) in [5.41, 5.74) is 1.26. The van der Waals surface area contributed by atoms with E-state index in [0.29, 0.717) is 22.1 Å². The van der Waals surface area contributed by atoms with E-state index in [9.17, 15) is 14.7 Å². The number of nitrogens with zero attached hydrogens (tertiary/aromatic N) is 2. The molecular formula is C19H11BrN2O3. The Kier molecular flexibility index (Phi) is 3.62. The maximum absolute atomic E-state index is 12.7. The van der Waals surface area contributed by atoms with Gasteiger partial charge in [-0.05, 0) is 35.7 Å². The molecule has 1 heterocycles. The molecule has 122 valence electrons. The Balaban J connectivity index is 1.80. The zero-order valence-corrected chi connectivity index (χ0v) is 14.4. The minimum Gasteiger partial charge on any atom is -0.507 e. The third-order valence-electron chi connectivity index (χ3n) is 4.05. The molecule has 3 aromatic carbocycles. The van der Waals surface area contributed by atoms with Crippen molar-refractivity contribution in [3.05, 3.63) is 75.8 Å². The van der Waals surface area contributed by atoms with Crippen LogP contribution in [-0.2, 0) is 0 Å². The van der Waals surface area contributed by atoms with Gasteiger partial charge < -0.3 is 5.11 Å². The molecule has 1 aliphatic heterocycles. The van der Waals surface area contributed by atoms with Gasteiger partial charge >= 0.3 is 0 Å². The number of rotatable bonds is 2. The molecule has 0 radical (unpaired) electrons. The van der Waals surface area contributed by atoms with Crippen LogP contribution in [0.5, 0.6) is 5.75 Å². The topological polar surface area (TPSA) is 70.0 Å². The Hall–Kier alpha value is -2.99. The highest BCUT2D eigenvalue weighted by Crippen LogP contribution is 2.30. The van der Waals surface area contributed by atoms with E-state index in [0.717, 1.165) is 14.9 Å². The molecule has 0 spiro atoms. The minimum absolute atomic E-state index is 0.00589. The van der Waals surface area contributed by atoms with E-state index in [1.54, 1.807) is 36.4 Å². The van der Waals surface area contributed by atoms with E-state index in [1.807, 2.05) is 12.1 Å². The van der Waals surface area contributed by atoms with Gasteiger partial charge in [-0.2, -0.15) is 10.1 Å². The average Bonchev–Trinajstić information content (AvgIpc) is 2.62. The predicted molar refractivity (Wildman–Crippen MR) is 97.8 cm³/mol. The van der Waals surface area contributed by atoms with Crippen molar-refractivity contribution in [2.75, 3.05) is 0 Å². The first-order valence-electron chi connectivity index (χ1n) is 7.49. The fourth-order valence-electron chi connectivity index (χ4n) is 2.87. The Labute approximate surface area is 151 Å². The van der Waals surface area contributed by atoms with Crippen molar-refractivity contribution in [2.24, 2.45) is 5.10 Å². The lowest BCUT2D eigenvalue weighted by Gasteiger charge is -2.23. The van der Waals surface area contributed by atoms with Gasteiger partial charge in [0, 0.05) is 15.4 Å². The maximum atomic E-state index is 12.7. The van der Waals surface area contributed by atoms with Gasteiger partial charge in [-0.25, -0.2) is 0 Å². The van der Waals surface area contributed by atoms with E-state index in [2.05, 4.69) is 21.0 Å². The lowest BCUT2D eigenvalue weighted by molar-refractivity contribution is 0.0616. The summed E-state index contributed by atoms with van der Waals surface area (Å²) in [6, 6.07) is 15.5. The van der Waals surface area contributed by atoms with E-state index in [4.69, 9.17) is 0 Å². The van der Waals surface area contributed by atoms with Crippen LogP contribution < -0.4 is 0 Å². The number of halogens is 1. The molecule has 0 atom stereocenters. The number of hydrogen-bond acceptors (Lipinski definition) is 4. The molecule has 1 aliphatic rings. The molecule has 2 amide bonds. The lowest BCUT2D eigenvalue weighted by Crippen LogP contribution is -2.36. The number of carbonyl (C=O) groups is 2. The maximum Gasteiger partial charge on any atom is 0.282 e. The molecule has 0 unspecified atom stereocenters. The van der Waals surface area contributed by atoms with Gasteiger partial charge in [0.05, 0.1) is 17.3 Å². The highest BCUT2D eigenvalue weighted by atomic mass is 79.9. The Morgan fingerprint density at radius 1 is 0.960 bits per heavy atom. The smallest absolute Gasteiger partial charge is 0.282 e. The monoisotopic (exact) mass is 394 g/mol. The van der Waals surface area contributed by atoms with Crippen molar-refractivity contribution in [1.82, 2.24) is 5.01 Å². The zero-order chi connectivity index (χ0) is 17.6. The van der Waals surface area contributed by atoms with Crippen LogP contribution in [0.25, 0.3) is 10.8 Å². The number of carbonyl (C=O) groups excluding carboxylic acids is 2. The van der Waals surface area contributed by atoms with Crippen molar-refractivity contribution in [3.8, 4) is 5.75 Å². The summed E-state index contributed by atoms with van der Waals surface area (Å²) in [6.07, 6.45) is 1.30. The van der Waals surface area contributed by atoms with Crippen molar-refractivity contribution < 1.29 is 14.7 Å². The van der Waals surface area contributed by atoms with Crippen LogP contribution in [0.2, 0.25) is 0 Å². The van der Waals surface area contributed by atoms with E-state index < -0.39 is 11.8 Å². The first-order chi connectivity index (χ1) is 12.1. The molecule has 4 rings (SSSR count). The molecule has 1 N–H and O–H groups in total. The van der Waals surface area contributed by atoms with Gasteiger partial charge in [0.1, 0.15) is 5.75 Å². The Bertz CT molecular complexity index is 1020. The van der Waals surface area contributed by atoms with Crippen LogP contribution in [0, 0.1) is 0 Å². The number of phenols is 1. The van der Waals surface area contributed by atoms with Gasteiger partial charge in [0.2, 0.25) is 0 Å². The largest absolute Gasteiger partial charge is 0.507 e. The fourth-order valence-corrected chi connectivity index (χ4v) is 3.25. The summed E-state index contributed by atoms with van der Waals surface area (Å²) in [7, 11) is 0. The molecule has 3 aromatic rings. The molecular weight excluding hydrogens is 384 g/mol. The lowest BCUT2D eigenvalue weighted by atomic mass is 9.95. The highest BCUT2D eigenvalue weighted by molar-refractivity contribution is 9.10. The summed E-state index contributed by atoms with van der Waals surface area (Å²) >= 11 is 3.31. The number of benzene rings is 3. The first kappa shape index (κ1) is 15.5.